The summed E-state index contributed by atoms with van der Waals surface area (Å²) in [4.78, 5) is 24.6. The second-order valence-corrected chi connectivity index (χ2v) is 12.7. The number of aromatic nitrogens is 2. The second-order valence-electron chi connectivity index (χ2n) is 8.57. The molecule has 7 nitrogen and oxygen atoms in total. The first-order chi connectivity index (χ1) is 17.0. The van der Waals surface area contributed by atoms with Crippen LogP contribution in [0.5, 0.6) is 0 Å². The maximum absolute atomic E-state index is 13.9. The number of thiazole rings is 1. The molecule has 10 heteroatoms. The van der Waals surface area contributed by atoms with Crippen molar-refractivity contribution in [1.29, 1.82) is 0 Å². The number of sulfonamides is 1. The van der Waals surface area contributed by atoms with Crippen molar-refractivity contribution in [3.8, 4) is 0 Å². The van der Waals surface area contributed by atoms with Gasteiger partial charge in [-0.15, -0.1) is 11.3 Å². The van der Waals surface area contributed by atoms with Gasteiger partial charge in [0, 0.05) is 25.5 Å². The first-order valence-electron chi connectivity index (χ1n) is 11.6. The van der Waals surface area contributed by atoms with Crippen molar-refractivity contribution < 1.29 is 13.2 Å². The zero-order valence-electron chi connectivity index (χ0n) is 19.3. The molecule has 4 heterocycles. The number of pyridine rings is 1. The highest BCUT2D eigenvalue weighted by atomic mass is 32.2. The van der Waals surface area contributed by atoms with Gasteiger partial charge < -0.3 is 0 Å². The molecule has 0 radical (unpaired) electrons. The van der Waals surface area contributed by atoms with Crippen LogP contribution in [0.25, 0.3) is 10.2 Å². The van der Waals surface area contributed by atoms with Crippen LogP contribution in [-0.2, 0) is 27.8 Å². The van der Waals surface area contributed by atoms with Crippen LogP contribution in [-0.4, -0.2) is 41.7 Å². The van der Waals surface area contributed by atoms with Gasteiger partial charge in [-0.1, -0.05) is 36.5 Å². The first kappa shape index (κ1) is 24.1. The van der Waals surface area contributed by atoms with E-state index in [1.807, 2.05) is 18.2 Å². The Kier molecular flexibility index (Phi) is 6.97. The van der Waals surface area contributed by atoms with E-state index in [-0.39, 0.29) is 12.5 Å². The number of hydrogen-bond donors (Lipinski definition) is 0. The summed E-state index contributed by atoms with van der Waals surface area (Å²) >= 11 is 2.70. The van der Waals surface area contributed by atoms with Crippen LogP contribution < -0.4 is 4.90 Å². The molecule has 4 aromatic rings. The topological polar surface area (TPSA) is 83.5 Å². The number of fused-ring (bicyclic) bond motifs is 1. The van der Waals surface area contributed by atoms with Crippen molar-refractivity contribution in [2.45, 2.75) is 36.9 Å². The zero-order valence-corrected chi connectivity index (χ0v) is 21.8. The van der Waals surface area contributed by atoms with Crippen LogP contribution in [0.4, 0.5) is 5.13 Å². The summed E-state index contributed by atoms with van der Waals surface area (Å²) in [7, 11) is -3.60. The highest BCUT2D eigenvalue weighted by molar-refractivity contribution is 7.91. The fourth-order valence-corrected chi connectivity index (χ4v) is 8.03. The molecule has 182 valence electrons. The number of thiophene rings is 1. The van der Waals surface area contributed by atoms with Crippen molar-refractivity contribution in [3.05, 3.63) is 71.4 Å². The molecule has 1 aromatic carbocycles. The highest BCUT2D eigenvalue weighted by Crippen LogP contribution is 2.33. The molecule has 1 atom stereocenters. The molecule has 1 unspecified atom stereocenters. The number of rotatable bonds is 7. The maximum Gasteiger partial charge on any atom is 0.252 e. The largest absolute Gasteiger partial charge is 0.283 e. The lowest BCUT2D eigenvalue weighted by molar-refractivity contribution is -0.123. The summed E-state index contributed by atoms with van der Waals surface area (Å²) in [6.45, 7) is 3.04. The van der Waals surface area contributed by atoms with E-state index in [9.17, 15) is 13.2 Å². The molecular formula is C25H26N4O3S3. The number of aryl methyl sites for hydroxylation is 1. The number of piperidine rings is 1. The number of hydrogen-bond acceptors (Lipinski definition) is 7. The quantitative estimate of drug-likeness (QED) is 0.340. The van der Waals surface area contributed by atoms with E-state index in [0.29, 0.717) is 35.3 Å². The summed E-state index contributed by atoms with van der Waals surface area (Å²) in [6.07, 6.45) is 5.66. The zero-order chi connectivity index (χ0) is 24.4. The predicted molar refractivity (Wildman–Crippen MR) is 140 cm³/mol. The van der Waals surface area contributed by atoms with E-state index in [4.69, 9.17) is 4.98 Å². The number of anilines is 1. The van der Waals surface area contributed by atoms with Crippen LogP contribution in [0.15, 0.2) is 64.4 Å². The Morgan fingerprint density at radius 3 is 2.83 bits per heavy atom. The van der Waals surface area contributed by atoms with Crippen molar-refractivity contribution in [1.82, 2.24) is 14.3 Å². The minimum atomic E-state index is -3.60. The fourth-order valence-electron chi connectivity index (χ4n) is 4.33. The van der Waals surface area contributed by atoms with Gasteiger partial charge in [0.2, 0.25) is 5.91 Å². The summed E-state index contributed by atoms with van der Waals surface area (Å²) < 4.78 is 29.0. The summed E-state index contributed by atoms with van der Waals surface area (Å²) in [5.74, 6) is -0.539. The molecule has 1 aliphatic rings. The Morgan fingerprint density at radius 2 is 2.09 bits per heavy atom. The van der Waals surface area contributed by atoms with Crippen LogP contribution in [0.1, 0.15) is 30.9 Å². The third-order valence-electron chi connectivity index (χ3n) is 6.23. The van der Waals surface area contributed by atoms with Gasteiger partial charge in [0.1, 0.15) is 4.21 Å². The fraction of sp³-hybridized carbons (Fsp3) is 0.320. The summed E-state index contributed by atoms with van der Waals surface area (Å²) in [5.41, 5.74) is 2.98. The number of carbonyl (C=O) groups is 1. The van der Waals surface area contributed by atoms with E-state index in [1.165, 1.54) is 32.5 Å². The van der Waals surface area contributed by atoms with Gasteiger partial charge in [-0.2, -0.15) is 4.31 Å². The molecule has 3 aromatic heterocycles. The molecule has 0 bridgehead atoms. The Labute approximate surface area is 213 Å². The first-order valence-corrected chi connectivity index (χ1v) is 14.7. The summed E-state index contributed by atoms with van der Waals surface area (Å²) in [6, 6.07) is 13.3. The number of nitrogens with zero attached hydrogens (tertiary/aromatic N) is 4. The average Bonchev–Trinajstić information content (AvgIpc) is 3.58. The highest BCUT2D eigenvalue weighted by Gasteiger charge is 2.36. The van der Waals surface area contributed by atoms with E-state index in [0.717, 1.165) is 22.2 Å². The third kappa shape index (κ3) is 5.02. The molecule has 0 N–H and O–H groups in total. The van der Waals surface area contributed by atoms with Crippen molar-refractivity contribution in [2.75, 3.05) is 18.0 Å². The molecule has 5 rings (SSSR count). The van der Waals surface area contributed by atoms with Gasteiger partial charge in [0.05, 0.1) is 22.7 Å². The SMILES string of the molecule is CCc1ccc2nc(N(Cc3cccnc3)C(=O)C3CCCN(S(=O)(=O)c4cccs4)C3)sc2c1. The standard InChI is InChI=1S/C25H26N4O3S3/c1-2-18-9-10-21-22(14-18)34-25(27-21)29(16-19-6-3-11-26-15-19)24(30)20-7-4-12-28(17-20)35(31,32)23-8-5-13-33-23/h3,5-6,8-11,13-15,20H,2,4,7,12,16-17H2,1H3. The number of benzene rings is 1. The van der Waals surface area contributed by atoms with Crippen LogP contribution in [0, 0.1) is 5.92 Å². The molecule has 0 aliphatic carbocycles. The van der Waals surface area contributed by atoms with Crippen LogP contribution in [0.2, 0.25) is 0 Å². The number of carbonyl (C=O) groups excluding carboxylic acids is 1. The van der Waals surface area contributed by atoms with Crippen LogP contribution >= 0.6 is 22.7 Å². The van der Waals surface area contributed by atoms with E-state index < -0.39 is 15.9 Å². The molecule has 1 fully saturated rings. The molecule has 1 amide bonds. The molecule has 35 heavy (non-hydrogen) atoms. The van der Waals surface area contributed by atoms with E-state index in [1.54, 1.807) is 34.8 Å². The molecular weight excluding hydrogens is 501 g/mol. The van der Waals surface area contributed by atoms with E-state index >= 15 is 0 Å². The van der Waals surface area contributed by atoms with Crippen molar-refractivity contribution in [3.63, 3.8) is 0 Å². The van der Waals surface area contributed by atoms with Crippen molar-refractivity contribution >= 4 is 54.0 Å². The lowest BCUT2D eigenvalue weighted by Crippen LogP contribution is -2.46. The Hall–Kier alpha value is -2.66. The smallest absolute Gasteiger partial charge is 0.252 e. The Bertz CT molecular complexity index is 1420. The van der Waals surface area contributed by atoms with Gasteiger partial charge in [-0.25, -0.2) is 13.4 Å². The summed E-state index contributed by atoms with van der Waals surface area (Å²) in [5, 5.41) is 2.38. The molecule has 1 saturated heterocycles. The number of amides is 1. The van der Waals surface area contributed by atoms with Crippen LogP contribution in [0.3, 0.4) is 0 Å². The minimum Gasteiger partial charge on any atom is -0.283 e. The second kappa shape index (κ2) is 10.1. The molecule has 0 saturated carbocycles. The van der Waals surface area contributed by atoms with Gasteiger partial charge in [-0.05, 0) is 60.0 Å². The lowest BCUT2D eigenvalue weighted by Gasteiger charge is -2.33. The van der Waals surface area contributed by atoms with Gasteiger partial charge >= 0.3 is 0 Å². The van der Waals surface area contributed by atoms with Crippen molar-refractivity contribution in [2.24, 2.45) is 5.92 Å². The molecule has 0 spiro atoms. The predicted octanol–water partition coefficient (Wildman–Crippen LogP) is 4.95. The van der Waals surface area contributed by atoms with E-state index in [2.05, 4.69) is 24.0 Å². The maximum atomic E-state index is 13.9. The molecule has 1 aliphatic heterocycles. The third-order valence-corrected chi connectivity index (χ3v) is 10.5. The Balaban J connectivity index is 1.46. The normalized spacial score (nSPS) is 17.0. The lowest BCUT2D eigenvalue weighted by atomic mass is 9.98. The Morgan fingerprint density at radius 1 is 1.20 bits per heavy atom. The van der Waals surface area contributed by atoms with Gasteiger partial charge in [0.15, 0.2) is 5.13 Å². The average molecular weight is 527 g/mol. The van der Waals surface area contributed by atoms with Gasteiger partial charge in [0.25, 0.3) is 10.0 Å². The monoisotopic (exact) mass is 526 g/mol. The van der Waals surface area contributed by atoms with Gasteiger partial charge in [-0.3, -0.25) is 14.7 Å². The minimum absolute atomic E-state index is 0.102.